The van der Waals surface area contributed by atoms with Crippen LogP contribution in [-0.2, 0) is 4.79 Å². The van der Waals surface area contributed by atoms with Crippen molar-refractivity contribution in [1.29, 1.82) is 5.26 Å². The molecule has 0 saturated heterocycles. The van der Waals surface area contributed by atoms with E-state index >= 15 is 0 Å². The Kier molecular flexibility index (Phi) is 5.15. The first-order valence-electron chi connectivity index (χ1n) is 5.51. The van der Waals surface area contributed by atoms with Crippen LogP contribution in [0.25, 0.3) is 5.76 Å². The predicted octanol–water partition coefficient (Wildman–Crippen LogP) is 1.71. The van der Waals surface area contributed by atoms with E-state index in [1.165, 1.54) is 19.2 Å². The second-order valence-corrected chi connectivity index (χ2v) is 3.86. The molecule has 100 valence electrons. The topological polar surface area (TPSA) is 98.0 Å². The zero-order valence-corrected chi connectivity index (χ0v) is 11.2. The molecule has 0 saturated carbocycles. The van der Waals surface area contributed by atoms with Crippen molar-refractivity contribution in [1.82, 2.24) is 10.3 Å². The zero-order chi connectivity index (χ0) is 14.4. The van der Waals surface area contributed by atoms with Gasteiger partial charge in [0, 0.05) is 13.6 Å². The average Bonchev–Trinajstić information content (AvgIpc) is 2.39. The normalized spacial score (nSPS) is 11.3. The van der Waals surface area contributed by atoms with E-state index < -0.39 is 11.7 Å². The van der Waals surface area contributed by atoms with Gasteiger partial charge in [-0.2, -0.15) is 5.26 Å². The second kappa shape index (κ2) is 6.61. The van der Waals surface area contributed by atoms with Crippen molar-refractivity contribution < 1.29 is 9.90 Å². The first-order chi connectivity index (χ1) is 9.04. The summed E-state index contributed by atoms with van der Waals surface area (Å²) in [6, 6.07) is 4.62. The molecule has 1 amide bonds. The Morgan fingerprint density at radius 2 is 2.26 bits per heavy atom. The highest BCUT2D eigenvalue weighted by Gasteiger charge is 2.18. The molecule has 0 radical (unpaired) electrons. The standard InChI is InChI=1S/C12H13ClN4O2/c1-3-16-11-7(4-5-9(13)17-11)10(18)8(6-14)12(19)15-2/h4-5,18H,3H2,1-2H3,(H,15,19)(H,16,17)/b10-8-. The van der Waals surface area contributed by atoms with Crippen LogP contribution in [0.1, 0.15) is 12.5 Å². The van der Waals surface area contributed by atoms with Gasteiger partial charge in [-0.1, -0.05) is 11.6 Å². The minimum atomic E-state index is -0.669. The number of hydrogen-bond donors (Lipinski definition) is 3. The van der Waals surface area contributed by atoms with Crippen molar-refractivity contribution in [2.45, 2.75) is 6.92 Å². The van der Waals surface area contributed by atoms with Crippen LogP contribution in [0.4, 0.5) is 5.82 Å². The van der Waals surface area contributed by atoms with E-state index in [0.717, 1.165) is 0 Å². The lowest BCUT2D eigenvalue weighted by Gasteiger charge is -2.10. The van der Waals surface area contributed by atoms with Gasteiger partial charge in [-0.15, -0.1) is 0 Å². The number of amides is 1. The first-order valence-corrected chi connectivity index (χ1v) is 5.89. The highest BCUT2D eigenvalue weighted by Crippen LogP contribution is 2.24. The molecule has 0 aliphatic carbocycles. The molecule has 1 aromatic rings. The third-order valence-corrected chi connectivity index (χ3v) is 2.47. The maximum atomic E-state index is 11.5. The summed E-state index contributed by atoms with van der Waals surface area (Å²) in [4.78, 5) is 15.5. The summed E-state index contributed by atoms with van der Waals surface area (Å²) in [5.41, 5.74) is -0.142. The number of likely N-dealkylation sites (N-methyl/N-ethyl adjacent to an activating group) is 1. The van der Waals surface area contributed by atoms with Gasteiger partial charge in [0.15, 0.2) is 5.57 Å². The van der Waals surface area contributed by atoms with Gasteiger partial charge in [-0.25, -0.2) is 4.98 Å². The van der Waals surface area contributed by atoms with E-state index in [9.17, 15) is 9.90 Å². The fourth-order valence-corrected chi connectivity index (χ4v) is 1.55. The van der Waals surface area contributed by atoms with Crippen LogP contribution in [0.5, 0.6) is 0 Å². The second-order valence-electron chi connectivity index (χ2n) is 3.48. The minimum absolute atomic E-state index is 0.242. The Bertz CT molecular complexity index is 563. The first kappa shape index (κ1) is 14.8. The van der Waals surface area contributed by atoms with Crippen molar-refractivity contribution in [3.05, 3.63) is 28.4 Å². The molecule has 0 aliphatic rings. The van der Waals surface area contributed by atoms with Gasteiger partial charge in [0.2, 0.25) is 0 Å². The van der Waals surface area contributed by atoms with Gasteiger partial charge in [-0.05, 0) is 19.1 Å². The molecule has 1 aromatic heterocycles. The third kappa shape index (κ3) is 3.36. The number of anilines is 1. The van der Waals surface area contributed by atoms with Gasteiger partial charge in [0.1, 0.15) is 22.8 Å². The Hall–Kier alpha value is -2.26. The maximum Gasteiger partial charge on any atom is 0.265 e. The summed E-state index contributed by atoms with van der Waals surface area (Å²) in [6.45, 7) is 2.40. The van der Waals surface area contributed by atoms with Crippen LogP contribution in [0.3, 0.4) is 0 Å². The van der Waals surface area contributed by atoms with Crippen molar-refractivity contribution in [3.8, 4) is 6.07 Å². The Balaban J connectivity index is 3.40. The molecule has 0 aromatic carbocycles. The number of carbonyl (C=O) groups excluding carboxylic acids is 1. The summed E-state index contributed by atoms with van der Waals surface area (Å²) in [5.74, 6) is -0.802. The molecule has 0 bridgehead atoms. The monoisotopic (exact) mass is 280 g/mol. The van der Waals surface area contributed by atoms with Crippen LogP contribution >= 0.6 is 11.6 Å². The van der Waals surface area contributed by atoms with Gasteiger partial charge >= 0.3 is 0 Å². The number of hydrogen-bond acceptors (Lipinski definition) is 5. The van der Waals surface area contributed by atoms with E-state index in [4.69, 9.17) is 16.9 Å². The third-order valence-electron chi connectivity index (χ3n) is 2.26. The number of aliphatic hydroxyl groups is 1. The molecule has 6 nitrogen and oxygen atoms in total. The van der Waals surface area contributed by atoms with Crippen molar-refractivity contribution in [2.75, 3.05) is 18.9 Å². The molecular formula is C12H13ClN4O2. The van der Waals surface area contributed by atoms with Crippen LogP contribution in [0.15, 0.2) is 17.7 Å². The highest BCUT2D eigenvalue weighted by atomic mass is 35.5. The SMILES string of the molecule is CCNc1nc(Cl)ccc1/C(O)=C(\C#N)C(=O)NC. The van der Waals surface area contributed by atoms with Crippen molar-refractivity contribution in [3.63, 3.8) is 0 Å². The predicted molar refractivity (Wildman–Crippen MR) is 72.6 cm³/mol. The van der Waals surface area contributed by atoms with E-state index in [2.05, 4.69) is 15.6 Å². The largest absolute Gasteiger partial charge is 0.506 e. The summed E-state index contributed by atoms with van der Waals surface area (Å²) in [7, 11) is 1.37. The number of nitriles is 1. The van der Waals surface area contributed by atoms with E-state index in [1.54, 1.807) is 6.07 Å². The smallest absolute Gasteiger partial charge is 0.265 e. The molecule has 0 spiro atoms. The number of nitrogens with zero attached hydrogens (tertiary/aromatic N) is 2. The van der Waals surface area contributed by atoms with Crippen LogP contribution in [0, 0.1) is 11.3 Å². The molecule has 0 atom stereocenters. The lowest BCUT2D eigenvalue weighted by Crippen LogP contribution is -2.20. The number of halogens is 1. The summed E-state index contributed by atoms with van der Waals surface area (Å²) < 4.78 is 0. The van der Waals surface area contributed by atoms with Crippen LogP contribution < -0.4 is 10.6 Å². The highest BCUT2D eigenvalue weighted by molar-refractivity contribution is 6.29. The Morgan fingerprint density at radius 3 is 2.79 bits per heavy atom. The zero-order valence-electron chi connectivity index (χ0n) is 10.5. The quantitative estimate of drug-likeness (QED) is 0.337. The number of carbonyl (C=O) groups is 1. The van der Waals surface area contributed by atoms with Gasteiger partial charge in [0.25, 0.3) is 5.91 Å². The maximum absolute atomic E-state index is 11.5. The molecule has 1 heterocycles. The molecule has 7 heteroatoms. The molecule has 19 heavy (non-hydrogen) atoms. The van der Waals surface area contributed by atoms with Gasteiger partial charge < -0.3 is 15.7 Å². The van der Waals surface area contributed by atoms with E-state index in [1.807, 2.05) is 6.92 Å². The van der Waals surface area contributed by atoms with Crippen LogP contribution in [0.2, 0.25) is 5.15 Å². The van der Waals surface area contributed by atoms with Gasteiger partial charge in [0.05, 0.1) is 5.56 Å². The van der Waals surface area contributed by atoms with Crippen LogP contribution in [-0.4, -0.2) is 29.6 Å². The number of aromatic nitrogens is 1. The lowest BCUT2D eigenvalue weighted by molar-refractivity contribution is -0.116. The molecule has 3 N–H and O–H groups in total. The average molecular weight is 281 g/mol. The molecule has 0 unspecified atom stereocenters. The summed E-state index contributed by atoms with van der Waals surface area (Å²) >= 11 is 5.77. The van der Waals surface area contributed by atoms with E-state index in [-0.39, 0.29) is 16.3 Å². The van der Waals surface area contributed by atoms with Crippen molar-refractivity contribution >= 4 is 29.1 Å². The molecule has 0 aliphatic heterocycles. The molecule has 1 rings (SSSR count). The number of aliphatic hydroxyl groups excluding tert-OH is 1. The van der Waals surface area contributed by atoms with Crippen molar-refractivity contribution in [2.24, 2.45) is 0 Å². The number of pyridine rings is 1. The number of rotatable bonds is 4. The Labute approximate surface area is 115 Å². The Morgan fingerprint density at radius 1 is 1.58 bits per heavy atom. The van der Waals surface area contributed by atoms with Gasteiger partial charge in [-0.3, -0.25) is 4.79 Å². The fourth-order valence-electron chi connectivity index (χ4n) is 1.40. The fraction of sp³-hybridized carbons (Fsp3) is 0.250. The number of nitrogens with one attached hydrogen (secondary N) is 2. The summed E-state index contributed by atoms with van der Waals surface area (Å²) in [6.07, 6.45) is 0. The minimum Gasteiger partial charge on any atom is -0.506 e. The summed E-state index contributed by atoms with van der Waals surface area (Å²) in [5, 5.41) is 24.4. The lowest BCUT2D eigenvalue weighted by atomic mass is 10.1. The molecular weight excluding hydrogens is 268 g/mol. The van der Waals surface area contributed by atoms with E-state index in [0.29, 0.717) is 12.4 Å². The molecule has 0 fully saturated rings.